The average Bonchev–Trinajstić information content (AvgIpc) is 2.62. The number of hydrogen-bond acceptors (Lipinski definition) is 7. The largest absolute Gasteiger partial charge is 0.368 e. The monoisotopic (exact) mass is 365 g/mol. The highest BCUT2D eigenvalue weighted by Gasteiger charge is 2.15. The van der Waals surface area contributed by atoms with Gasteiger partial charge in [0, 0.05) is 25.2 Å². The molecule has 3 rings (SSSR count). The fourth-order valence-corrected chi connectivity index (χ4v) is 2.80. The lowest BCUT2D eigenvalue weighted by Crippen LogP contribution is -2.26. The van der Waals surface area contributed by atoms with E-state index in [9.17, 15) is 4.79 Å². The van der Waals surface area contributed by atoms with Crippen molar-refractivity contribution in [3.63, 3.8) is 0 Å². The average molecular weight is 365 g/mol. The molecule has 2 aromatic heterocycles. The molecule has 8 nitrogen and oxygen atoms in total. The van der Waals surface area contributed by atoms with Gasteiger partial charge in [-0.3, -0.25) is 9.78 Å². The highest BCUT2D eigenvalue weighted by atomic mass is 16.1. The van der Waals surface area contributed by atoms with Crippen molar-refractivity contribution in [1.82, 2.24) is 25.3 Å². The lowest BCUT2D eigenvalue weighted by atomic mass is 10.0. The number of nitrogens with zero attached hydrogens (tertiary/aromatic N) is 5. The number of rotatable bonds is 4. The van der Waals surface area contributed by atoms with Gasteiger partial charge in [-0.05, 0) is 38.0 Å². The fraction of sp³-hybridized carbons (Fsp3) is 0.316. The van der Waals surface area contributed by atoms with E-state index < -0.39 is 0 Å². The summed E-state index contributed by atoms with van der Waals surface area (Å²) in [4.78, 5) is 31.6. The summed E-state index contributed by atoms with van der Waals surface area (Å²) >= 11 is 0. The Kier molecular flexibility index (Phi) is 4.89. The second-order valence-corrected chi connectivity index (χ2v) is 6.70. The molecule has 0 radical (unpaired) electrons. The molecule has 3 aromatic rings. The van der Waals surface area contributed by atoms with Crippen LogP contribution in [-0.4, -0.2) is 39.9 Å². The number of fused-ring (bicyclic) bond motifs is 1. The van der Waals surface area contributed by atoms with Crippen LogP contribution in [0, 0.1) is 20.8 Å². The zero-order valence-corrected chi connectivity index (χ0v) is 16.2. The number of carbonyl (C=O) groups excluding carboxylic acids is 1. The van der Waals surface area contributed by atoms with E-state index in [-0.39, 0.29) is 18.4 Å². The van der Waals surface area contributed by atoms with Crippen molar-refractivity contribution in [1.29, 1.82) is 0 Å². The number of anilines is 2. The van der Waals surface area contributed by atoms with Crippen molar-refractivity contribution in [2.45, 2.75) is 27.3 Å². The molecular weight excluding hydrogens is 342 g/mol. The first kappa shape index (κ1) is 18.5. The first-order chi connectivity index (χ1) is 12.8. The number of amides is 1. The summed E-state index contributed by atoms with van der Waals surface area (Å²) < 4.78 is 0. The van der Waals surface area contributed by atoms with Crippen molar-refractivity contribution in [2.24, 2.45) is 0 Å². The van der Waals surface area contributed by atoms with E-state index in [1.54, 1.807) is 11.0 Å². The quantitative estimate of drug-likeness (QED) is 0.727. The van der Waals surface area contributed by atoms with Crippen molar-refractivity contribution >= 4 is 28.7 Å². The lowest BCUT2D eigenvalue weighted by molar-refractivity contribution is 0.0951. The van der Waals surface area contributed by atoms with Gasteiger partial charge in [0.15, 0.2) is 5.82 Å². The maximum atomic E-state index is 12.8. The van der Waals surface area contributed by atoms with Crippen LogP contribution in [0.2, 0.25) is 0 Å². The SMILES string of the molecule is Cc1cc(C(=O)NCc2nc(N)nc(N(C)C)n2)c2ccc(C)c(C)c2n1. The van der Waals surface area contributed by atoms with Crippen LogP contribution in [0.4, 0.5) is 11.9 Å². The Morgan fingerprint density at radius 2 is 1.85 bits per heavy atom. The minimum Gasteiger partial charge on any atom is -0.368 e. The molecule has 140 valence electrons. The summed E-state index contributed by atoms with van der Waals surface area (Å²) in [5.41, 5.74) is 10.2. The van der Waals surface area contributed by atoms with Crippen LogP contribution >= 0.6 is 0 Å². The Labute approximate surface area is 157 Å². The minimum absolute atomic E-state index is 0.120. The lowest BCUT2D eigenvalue weighted by Gasteiger charge is -2.13. The smallest absolute Gasteiger partial charge is 0.252 e. The van der Waals surface area contributed by atoms with Crippen LogP contribution in [0.3, 0.4) is 0 Å². The zero-order valence-electron chi connectivity index (χ0n) is 16.2. The number of hydrogen-bond donors (Lipinski definition) is 2. The molecule has 8 heteroatoms. The van der Waals surface area contributed by atoms with E-state index in [1.165, 1.54) is 0 Å². The molecule has 0 bridgehead atoms. The highest BCUT2D eigenvalue weighted by Crippen LogP contribution is 2.24. The van der Waals surface area contributed by atoms with Gasteiger partial charge in [-0.1, -0.05) is 12.1 Å². The molecule has 0 unspecified atom stereocenters. The number of benzene rings is 1. The summed E-state index contributed by atoms with van der Waals surface area (Å²) in [6.45, 7) is 6.09. The van der Waals surface area contributed by atoms with Gasteiger partial charge in [0.25, 0.3) is 5.91 Å². The first-order valence-corrected chi connectivity index (χ1v) is 8.59. The maximum Gasteiger partial charge on any atom is 0.252 e. The van der Waals surface area contributed by atoms with Gasteiger partial charge in [-0.25, -0.2) is 0 Å². The minimum atomic E-state index is -0.209. The van der Waals surface area contributed by atoms with Crippen LogP contribution in [0.5, 0.6) is 0 Å². The summed E-state index contributed by atoms with van der Waals surface area (Å²) in [7, 11) is 3.63. The van der Waals surface area contributed by atoms with E-state index >= 15 is 0 Å². The Balaban J connectivity index is 1.90. The molecule has 2 heterocycles. The van der Waals surface area contributed by atoms with E-state index in [1.807, 2.05) is 47.0 Å². The van der Waals surface area contributed by atoms with Gasteiger partial charge < -0.3 is 16.0 Å². The molecule has 0 saturated heterocycles. The van der Waals surface area contributed by atoms with Gasteiger partial charge in [0.2, 0.25) is 11.9 Å². The van der Waals surface area contributed by atoms with E-state index in [2.05, 4.69) is 25.3 Å². The molecule has 0 fully saturated rings. The molecule has 27 heavy (non-hydrogen) atoms. The zero-order chi connectivity index (χ0) is 19.7. The highest BCUT2D eigenvalue weighted by molar-refractivity contribution is 6.06. The third kappa shape index (κ3) is 3.79. The predicted molar refractivity (Wildman–Crippen MR) is 106 cm³/mol. The number of aromatic nitrogens is 4. The topological polar surface area (TPSA) is 110 Å². The number of nitrogen functional groups attached to an aromatic ring is 1. The Morgan fingerprint density at radius 1 is 1.11 bits per heavy atom. The van der Waals surface area contributed by atoms with Gasteiger partial charge in [0.05, 0.1) is 17.6 Å². The van der Waals surface area contributed by atoms with Crippen LogP contribution < -0.4 is 16.0 Å². The Hall–Kier alpha value is -3.29. The van der Waals surface area contributed by atoms with Crippen LogP contribution in [0.25, 0.3) is 10.9 Å². The van der Waals surface area contributed by atoms with Gasteiger partial charge in [-0.15, -0.1) is 0 Å². The molecule has 0 aliphatic rings. The van der Waals surface area contributed by atoms with Crippen LogP contribution in [-0.2, 0) is 6.54 Å². The van der Waals surface area contributed by atoms with Gasteiger partial charge in [0.1, 0.15) is 0 Å². The number of pyridine rings is 1. The summed E-state index contributed by atoms with van der Waals surface area (Å²) in [5, 5.41) is 3.69. The molecule has 0 aliphatic heterocycles. The molecule has 1 aromatic carbocycles. The van der Waals surface area contributed by atoms with E-state index in [0.29, 0.717) is 17.3 Å². The van der Waals surface area contributed by atoms with E-state index in [0.717, 1.165) is 27.7 Å². The second kappa shape index (κ2) is 7.14. The fourth-order valence-electron chi connectivity index (χ4n) is 2.80. The number of nitrogens with one attached hydrogen (secondary N) is 1. The normalized spacial score (nSPS) is 10.9. The molecule has 1 amide bonds. The number of nitrogens with two attached hydrogens (primary N) is 1. The van der Waals surface area contributed by atoms with E-state index in [4.69, 9.17) is 5.73 Å². The summed E-state index contributed by atoms with van der Waals surface area (Å²) in [5.74, 6) is 0.762. The summed E-state index contributed by atoms with van der Waals surface area (Å²) in [6.07, 6.45) is 0. The van der Waals surface area contributed by atoms with Gasteiger partial charge >= 0.3 is 0 Å². The standard InChI is InChI=1S/C19H23N7O/c1-10-6-7-13-14(8-11(2)22-16(13)12(10)3)17(27)21-9-15-23-18(20)25-19(24-15)26(4)5/h6-8H,9H2,1-5H3,(H,21,27)(H2,20,23,24,25). The summed E-state index contributed by atoms with van der Waals surface area (Å²) in [6, 6.07) is 5.73. The van der Waals surface area contributed by atoms with Crippen molar-refractivity contribution in [2.75, 3.05) is 24.7 Å². The second-order valence-electron chi connectivity index (χ2n) is 6.70. The molecule has 3 N–H and O–H groups in total. The van der Waals surface area contributed by atoms with Crippen molar-refractivity contribution in [3.05, 3.63) is 46.4 Å². The predicted octanol–water partition coefficient (Wildman–Crippen LogP) is 1.92. The third-order valence-corrected chi connectivity index (χ3v) is 4.37. The maximum absolute atomic E-state index is 12.8. The number of aryl methyl sites for hydroxylation is 3. The molecule has 0 saturated carbocycles. The molecule has 0 aliphatic carbocycles. The molecular formula is C19H23N7O. The van der Waals surface area contributed by atoms with Crippen molar-refractivity contribution in [3.8, 4) is 0 Å². The Bertz CT molecular complexity index is 1030. The molecule has 0 spiro atoms. The molecule has 0 atom stereocenters. The first-order valence-electron chi connectivity index (χ1n) is 8.59. The third-order valence-electron chi connectivity index (χ3n) is 4.37. The number of carbonyl (C=O) groups is 1. The van der Waals surface area contributed by atoms with Crippen LogP contribution in [0.15, 0.2) is 18.2 Å². The van der Waals surface area contributed by atoms with Crippen LogP contribution in [0.1, 0.15) is 33.0 Å². The van der Waals surface area contributed by atoms with Gasteiger partial charge in [-0.2, -0.15) is 15.0 Å². The Morgan fingerprint density at radius 3 is 2.56 bits per heavy atom. The van der Waals surface area contributed by atoms with Crippen molar-refractivity contribution < 1.29 is 4.79 Å².